The maximum absolute atomic E-state index is 12.0. The van der Waals surface area contributed by atoms with Crippen LogP contribution < -0.4 is 5.73 Å². The molecule has 1 atom stereocenters. The Morgan fingerprint density at radius 2 is 2.06 bits per heavy atom. The van der Waals surface area contributed by atoms with E-state index in [1.807, 2.05) is 13.0 Å². The standard InChI is InChI=1S/C13H18ClNO/c1-8(2)6-12(15)13(16)10-5-4-9(3)11(14)7-10/h4-5,7-8,12H,6,15H2,1-3H3. The van der Waals surface area contributed by atoms with Crippen LogP contribution in [-0.2, 0) is 0 Å². The van der Waals surface area contributed by atoms with E-state index in [0.29, 0.717) is 22.9 Å². The summed E-state index contributed by atoms with van der Waals surface area (Å²) in [5.41, 5.74) is 7.41. The van der Waals surface area contributed by atoms with Crippen LogP contribution in [0.3, 0.4) is 0 Å². The summed E-state index contributed by atoms with van der Waals surface area (Å²) in [4.78, 5) is 12.0. The minimum atomic E-state index is -0.432. The van der Waals surface area contributed by atoms with Gasteiger partial charge in [-0.2, -0.15) is 0 Å². The number of halogens is 1. The van der Waals surface area contributed by atoms with E-state index in [9.17, 15) is 4.79 Å². The van der Waals surface area contributed by atoms with Crippen molar-refractivity contribution >= 4 is 17.4 Å². The van der Waals surface area contributed by atoms with Gasteiger partial charge in [-0.25, -0.2) is 0 Å². The Kier molecular flexibility index (Phi) is 4.51. The Morgan fingerprint density at radius 3 is 2.56 bits per heavy atom. The van der Waals surface area contributed by atoms with E-state index in [1.165, 1.54) is 0 Å². The van der Waals surface area contributed by atoms with Crippen LogP contribution in [0.5, 0.6) is 0 Å². The van der Waals surface area contributed by atoms with E-state index in [4.69, 9.17) is 17.3 Å². The molecule has 1 aromatic carbocycles. The SMILES string of the molecule is Cc1ccc(C(=O)C(N)CC(C)C)cc1Cl. The second-order valence-electron chi connectivity index (χ2n) is 4.56. The third-order valence-electron chi connectivity index (χ3n) is 2.52. The molecule has 0 aromatic heterocycles. The highest BCUT2D eigenvalue weighted by molar-refractivity contribution is 6.31. The molecular weight excluding hydrogens is 222 g/mol. The van der Waals surface area contributed by atoms with Gasteiger partial charge in [0.1, 0.15) is 0 Å². The first-order valence-electron chi connectivity index (χ1n) is 5.47. The molecule has 0 aliphatic carbocycles. The number of Topliss-reactive ketones (excluding diaryl/α,β-unsaturated/α-hetero) is 1. The second-order valence-corrected chi connectivity index (χ2v) is 4.97. The highest BCUT2D eigenvalue weighted by Crippen LogP contribution is 2.18. The fourth-order valence-electron chi connectivity index (χ4n) is 1.58. The molecule has 2 N–H and O–H groups in total. The van der Waals surface area contributed by atoms with Crippen molar-refractivity contribution in [1.29, 1.82) is 0 Å². The topological polar surface area (TPSA) is 43.1 Å². The van der Waals surface area contributed by atoms with Crippen molar-refractivity contribution in [2.75, 3.05) is 0 Å². The minimum absolute atomic E-state index is 0.0319. The van der Waals surface area contributed by atoms with Crippen LogP contribution in [-0.4, -0.2) is 11.8 Å². The van der Waals surface area contributed by atoms with Crippen LogP contribution >= 0.6 is 11.6 Å². The van der Waals surface area contributed by atoms with Gasteiger partial charge >= 0.3 is 0 Å². The maximum atomic E-state index is 12.0. The molecule has 16 heavy (non-hydrogen) atoms. The predicted molar refractivity (Wildman–Crippen MR) is 67.9 cm³/mol. The fourth-order valence-corrected chi connectivity index (χ4v) is 1.76. The number of benzene rings is 1. The highest BCUT2D eigenvalue weighted by atomic mass is 35.5. The summed E-state index contributed by atoms with van der Waals surface area (Å²) in [7, 11) is 0. The largest absolute Gasteiger partial charge is 0.321 e. The quantitative estimate of drug-likeness (QED) is 0.820. The van der Waals surface area contributed by atoms with E-state index < -0.39 is 6.04 Å². The van der Waals surface area contributed by atoms with Gasteiger partial charge < -0.3 is 5.73 Å². The van der Waals surface area contributed by atoms with Crippen molar-refractivity contribution < 1.29 is 4.79 Å². The third kappa shape index (κ3) is 3.32. The van der Waals surface area contributed by atoms with Gasteiger partial charge in [0.2, 0.25) is 0 Å². The van der Waals surface area contributed by atoms with Crippen molar-refractivity contribution in [3.8, 4) is 0 Å². The molecule has 0 radical (unpaired) electrons. The number of hydrogen-bond donors (Lipinski definition) is 1. The van der Waals surface area contributed by atoms with Gasteiger partial charge in [0, 0.05) is 10.6 Å². The first-order valence-corrected chi connectivity index (χ1v) is 5.85. The van der Waals surface area contributed by atoms with E-state index in [2.05, 4.69) is 13.8 Å². The number of hydrogen-bond acceptors (Lipinski definition) is 2. The lowest BCUT2D eigenvalue weighted by atomic mass is 9.96. The molecule has 88 valence electrons. The summed E-state index contributed by atoms with van der Waals surface area (Å²) < 4.78 is 0. The number of carbonyl (C=O) groups excluding carboxylic acids is 1. The van der Waals surface area contributed by atoms with Gasteiger partial charge in [-0.15, -0.1) is 0 Å². The molecule has 0 aliphatic rings. The smallest absolute Gasteiger partial charge is 0.179 e. The Hall–Kier alpha value is -0.860. The molecule has 1 rings (SSSR count). The fraction of sp³-hybridized carbons (Fsp3) is 0.462. The van der Waals surface area contributed by atoms with Crippen molar-refractivity contribution in [3.63, 3.8) is 0 Å². The molecule has 3 heteroatoms. The molecular formula is C13H18ClNO. The van der Waals surface area contributed by atoms with Crippen molar-refractivity contribution in [3.05, 3.63) is 34.3 Å². The summed E-state index contributed by atoms with van der Waals surface area (Å²) >= 11 is 5.98. The number of rotatable bonds is 4. The molecule has 1 aromatic rings. The number of carbonyl (C=O) groups is 1. The molecule has 0 amide bonds. The molecule has 0 spiro atoms. The van der Waals surface area contributed by atoms with Gasteiger partial charge in [-0.1, -0.05) is 37.6 Å². The zero-order valence-electron chi connectivity index (χ0n) is 9.96. The molecule has 0 bridgehead atoms. The van der Waals surface area contributed by atoms with Crippen molar-refractivity contribution in [1.82, 2.24) is 0 Å². The third-order valence-corrected chi connectivity index (χ3v) is 2.93. The van der Waals surface area contributed by atoms with Gasteiger partial charge in [0.05, 0.1) is 6.04 Å². The molecule has 0 fully saturated rings. The first kappa shape index (κ1) is 13.2. The lowest BCUT2D eigenvalue weighted by Crippen LogP contribution is -2.31. The maximum Gasteiger partial charge on any atom is 0.179 e. The van der Waals surface area contributed by atoms with E-state index in [-0.39, 0.29) is 5.78 Å². The summed E-state index contributed by atoms with van der Waals surface area (Å²) in [6.07, 6.45) is 0.699. The lowest BCUT2D eigenvalue weighted by Gasteiger charge is -2.13. The van der Waals surface area contributed by atoms with E-state index in [1.54, 1.807) is 12.1 Å². The van der Waals surface area contributed by atoms with Crippen LogP contribution in [0.15, 0.2) is 18.2 Å². The lowest BCUT2D eigenvalue weighted by molar-refractivity contribution is 0.0951. The first-order chi connectivity index (χ1) is 7.41. The summed E-state index contributed by atoms with van der Waals surface area (Å²) in [6.45, 7) is 6.01. The van der Waals surface area contributed by atoms with Gasteiger partial charge in [0.15, 0.2) is 5.78 Å². The zero-order chi connectivity index (χ0) is 12.3. The monoisotopic (exact) mass is 239 g/mol. The normalized spacial score (nSPS) is 12.9. The summed E-state index contributed by atoms with van der Waals surface area (Å²) in [6, 6.07) is 4.89. The Morgan fingerprint density at radius 1 is 1.44 bits per heavy atom. The highest BCUT2D eigenvalue weighted by Gasteiger charge is 2.17. The Labute approximate surface area is 102 Å². The molecule has 0 saturated carbocycles. The number of nitrogens with two attached hydrogens (primary N) is 1. The molecule has 0 heterocycles. The van der Waals surface area contributed by atoms with Gasteiger partial charge in [0.25, 0.3) is 0 Å². The summed E-state index contributed by atoms with van der Waals surface area (Å²) in [5.74, 6) is 0.385. The minimum Gasteiger partial charge on any atom is -0.321 e. The van der Waals surface area contributed by atoms with E-state index in [0.717, 1.165) is 5.56 Å². The second kappa shape index (κ2) is 5.46. The molecule has 1 unspecified atom stereocenters. The van der Waals surface area contributed by atoms with Crippen LogP contribution in [0.2, 0.25) is 5.02 Å². The average molecular weight is 240 g/mol. The molecule has 0 aliphatic heterocycles. The van der Waals surface area contributed by atoms with Gasteiger partial charge in [-0.3, -0.25) is 4.79 Å². The summed E-state index contributed by atoms with van der Waals surface area (Å²) in [5, 5.41) is 0.614. The van der Waals surface area contributed by atoms with Crippen molar-refractivity contribution in [2.45, 2.75) is 33.2 Å². The van der Waals surface area contributed by atoms with Crippen LogP contribution in [0.25, 0.3) is 0 Å². The van der Waals surface area contributed by atoms with Gasteiger partial charge in [-0.05, 0) is 30.9 Å². The zero-order valence-corrected chi connectivity index (χ0v) is 10.7. The van der Waals surface area contributed by atoms with Crippen LogP contribution in [0.4, 0.5) is 0 Å². The predicted octanol–water partition coefficient (Wildman–Crippen LogP) is 3.20. The molecule has 2 nitrogen and oxygen atoms in total. The van der Waals surface area contributed by atoms with Crippen LogP contribution in [0, 0.1) is 12.8 Å². The average Bonchev–Trinajstić information content (AvgIpc) is 2.20. The number of aryl methyl sites for hydroxylation is 1. The molecule has 0 saturated heterocycles. The Balaban J connectivity index is 2.84. The van der Waals surface area contributed by atoms with Crippen LogP contribution in [0.1, 0.15) is 36.2 Å². The van der Waals surface area contributed by atoms with Crippen molar-refractivity contribution in [2.24, 2.45) is 11.7 Å². The Bertz CT molecular complexity index is 388. The van der Waals surface area contributed by atoms with E-state index >= 15 is 0 Å². The number of ketones is 1.